The van der Waals surface area contributed by atoms with Crippen LogP contribution in [0, 0.1) is 0 Å². The average Bonchev–Trinajstić information content (AvgIpc) is 3.23. The van der Waals surface area contributed by atoms with Crippen LogP contribution in [0.4, 0.5) is 0 Å². The Bertz CT molecular complexity index is 1290. The highest BCUT2D eigenvalue weighted by Crippen LogP contribution is 2.13. The van der Waals surface area contributed by atoms with Crippen LogP contribution in [0.3, 0.4) is 0 Å². The van der Waals surface area contributed by atoms with E-state index in [1.807, 2.05) is 12.2 Å². The molecule has 0 spiro atoms. The maximum Gasteiger partial charge on any atom is 0.306 e. The topological polar surface area (TPSA) is 102 Å². The number of likely N-dealkylation sites (N-methyl/N-ethyl adjacent to an activating group) is 1. The molecule has 0 fully saturated rings. The third-order valence-corrected chi connectivity index (χ3v) is 10.5. The number of carboxylic acid groups (broad SMARTS) is 1. The number of carbonyl (C=O) groups is 3. The fourth-order valence-corrected chi connectivity index (χ4v) is 6.74. The third kappa shape index (κ3) is 41.8. The molecule has 0 saturated heterocycles. The van der Waals surface area contributed by atoms with Crippen LogP contribution in [-0.2, 0) is 28.6 Å². The molecule has 2 atom stereocenters. The summed E-state index contributed by atoms with van der Waals surface area (Å²) < 4.78 is 17.1. The van der Waals surface area contributed by atoms with Crippen LogP contribution in [-0.4, -0.2) is 75.5 Å². The molecule has 62 heavy (non-hydrogen) atoms. The average molecular weight is 866 g/mol. The number of unbranched alkanes of at least 4 members (excludes halogenated alkanes) is 15. The first-order valence-electron chi connectivity index (χ1n) is 24.6. The summed E-state index contributed by atoms with van der Waals surface area (Å²) in [6.45, 7) is 4.46. The number of esters is 2. The van der Waals surface area contributed by atoms with E-state index in [0.717, 1.165) is 57.8 Å². The standard InChI is InChI=1S/C54H91NO7/c1-6-8-10-12-14-16-18-20-22-24-26-28-30-32-34-36-38-40-42-44-52(56)61-49-50(48-60-47-46-51(54(58)59)55(3,4)5)62-53(57)45-43-41-39-37-35-33-31-29-27-25-23-21-19-17-15-13-11-9-7-2/h9,11,15,17,21,23-24,26-27,29,33,35,39,41,50-51H,6-8,10,12-14,16,18-20,22,25,28,30-32,34,36-38,40,42-49H2,1-5H3/b11-9+,17-15+,23-21+,26-24+,29-27+,35-33+,41-39+. The third-order valence-electron chi connectivity index (χ3n) is 10.5. The molecular formula is C54H91NO7. The number of ether oxygens (including phenoxy) is 3. The molecule has 0 aromatic carbocycles. The van der Waals surface area contributed by atoms with Gasteiger partial charge in [-0.3, -0.25) is 9.59 Å². The molecule has 0 N–H and O–H groups in total. The Labute approximate surface area is 380 Å². The Hall–Kier alpha value is -3.49. The monoisotopic (exact) mass is 866 g/mol. The van der Waals surface area contributed by atoms with E-state index in [2.05, 4.69) is 86.8 Å². The quantitative estimate of drug-likeness (QED) is 0.0260. The molecule has 0 saturated carbocycles. The molecule has 0 amide bonds. The number of hydrogen-bond donors (Lipinski definition) is 0. The number of aliphatic carboxylic acids is 1. The van der Waals surface area contributed by atoms with Crippen molar-refractivity contribution in [3.63, 3.8) is 0 Å². The normalized spacial score (nSPS) is 13.6. The SMILES string of the molecule is CC/C=C/C/C=C/C/C=C/C/C=C/C/C=C/C/C=C/CCC(=O)OC(COCCC(C(=O)[O-])[N+](C)(C)C)COC(=O)CCCCCCCCC/C=C/CCCCCCCCCC. The predicted molar refractivity (Wildman–Crippen MR) is 258 cm³/mol. The number of quaternary nitrogens is 1. The van der Waals surface area contributed by atoms with E-state index in [0.29, 0.717) is 12.8 Å². The summed E-state index contributed by atoms with van der Waals surface area (Å²) in [6.07, 6.45) is 57.7. The Morgan fingerprint density at radius 3 is 1.40 bits per heavy atom. The molecule has 8 nitrogen and oxygen atoms in total. The van der Waals surface area contributed by atoms with Gasteiger partial charge < -0.3 is 28.6 Å². The van der Waals surface area contributed by atoms with Crippen LogP contribution < -0.4 is 5.11 Å². The van der Waals surface area contributed by atoms with Gasteiger partial charge in [0.1, 0.15) is 12.6 Å². The largest absolute Gasteiger partial charge is 0.544 e. The molecule has 0 aromatic heterocycles. The predicted octanol–water partition coefficient (Wildman–Crippen LogP) is 12.7. The van der Waals surface area contributed by atoms with Crippen molar-refractivity contribution in [1.82, 2.24) is 0 Å². The molecule has 2 unspecified atom stereocenters. The second-order valence-corrected chi connectivity index (χ2v) is 17.3. The smallest absolute Gasteiger partial charge is 0.306 e. The van der Waals surface area contributed by atoms with Crippen LogP contribution in [0.15, 0.2) is 85.1 Å². The van der Waals surface area contributed by atoms with Gasteiger partial charge in [0.2, 0.25) is 0 Å². The van der Waals surface area contributed by atoms with E-state index in [1.165, 1.54) is 89.9 Å². The lowest BCUT2D eigenvalue weighted by Crippen LogP contribution is -2.55. The van der Waals surface area contributed by atoms with Crippen molar-refractivity contribution in [3.05, 3.63) is 85.1 Å². The summed E-state index contributed by atoms with van der Waals surface area (Å²) in [4.78, 5) is 36.9. The lowest BCUT2D eigenvalue weighted by atomic mass is 10.1. The van der Waals surface area contributed by atoms with Gasteiger partial charge in [0.05, 0.1) is 40.3 Å². The van der Waals surface area contributed by atoms with E-state index in [4.69, 9.17) is 14.2 Å². The second-order valence-electron chi connectivity index (χ2n) is 17.3. The van der Waals surface area contributed by atoms with Gasteiger partial charge in [-0.15, -0.1) is 0 Å². The van der Waals surface area contributed by atoms with Crippen molar-refractivity contribution in [2.24, 2.45) is 0 Å². The molecule has 8 heteroatoms. The zero-order chi connectivity index (χ0) is 45.6. The Morgan fingerprint density at radius 2 is 0.935 bits per heavy atom. The molecule has 0 aliphatic rings. The van der Waals surface area contributed by atoms with Crippen molar-refractivity contribution in [2.75, 3.05) is 41.0 Å². The van der Waals surface area contributed by atoms with E-state index in [1.54, 1.807) is 21.1 Å². The second kappa shape index (κ2) is 44.1. The molecule has 0 radical (unpaired) electrons. The molecule has 0 heterocycles. The molecule has 0 rings (SSSR count). The van der Waals surface area contributed by atoms with Crippen molar-refractivity contribution in [3.8, 4) is 0 Å². The molecule has 0 aliphatic carbocycles. The first-order valence-corrected chi connectivity index (χ1v) is 24.6. The van der Waals surface area contributed by atoms with E-state index >= 15 is 0 Å². The Balaban J connectivity index is 4.41. The summed E-state index contributed by atoms with van der Waals surface area (Å²) in [5.74, 6) is -1.85. The number of rotatable bonds is 43. The molecule has 0 aromatic rings. The lowest BCUT2D eigenvalue weighted by molar-refractivity contribution is -0.889. The van der Waals surface area contributed by atoms with Crippen molar-refractivity contribution in [2.45, 2.75) is 199 Å². The lowest BCUT2D eigenvalue weighted by Gasteiger charge is -2.34. The zero-order valence-corrected chi connectivity index (χ0v) is 40.3. The summed E-state index contributed by atoms with van der Waals surface area (Å²) in [6, 6.07) is -0.744. The summed E-state index contributed by atoms with van der Waals surface area (Å²) >= 11 is 0. The van der Waals surface area contributed by atoms with Crippen molar-refractivity contribution < 1.29 is 38.2 Å². The Morgan fingerprint density at radius 1 is 0.500 bits per heavy atom. The van der Waals surface area contributed by atoms with Crippen LogP contribution in [0.2, 0.25) is 0 Å². The van der Waals surface area contributed by atoms with Gasteiger partial charge in [-0.25, -0.2) is 0 Å². The maximum atomic E-state index is 12.7. The fraction of sp³-hybridized carbons (Fsp3) is 0.685. The number of nitrogens with zero attached hydrogens (tertiary/aromatic N) is 1. The number of carbonyl (C=O) groups excluding carboxylic acids is 3. The minimum absolute atomic E-state index is 0.00485. The first kappa shape index (κ1) is 58.5. The van der Waals surface area contributed by atoms with Crippen LogP contribution in [0.1, 0.15) is 187 Å². The van der Waals surface area contributed by atoms with Gasteiger partial charge in [-0.05, 0) is 77.0 Å². The van der Waals surface area contributed by atoms with Crippen LogP contribution in [0.25, 0.3) is 0 Å². The highest BCUT2D eigenvalue weighted by molar-refractivity contribution is 5.70. The highest BCUT2D eigenvalue weighted by Gasteiger charge is 2.25. The van der Waals surface area contributed by atoms with Gasteiger partial charge in [0.25, 0.3) is 0 Å². The van der Waals surface area contributed by atoms with Gasteiger partial charge in [-0.2, -0.15) is 0 Å². The molecule has 0 aliphatic heterocycles. The van der Waals surface area contributed by atoms with E-state index in [9.17, 15) is 19.5 Å². The summed E-state index contributed by atoms with van der Waals surface area (Å²) in [5, 5.41) is 11.6. The molecule has 0 bridgehead atoms. The van der Waals surface area contributed by atoms with Gasteiger partial charge in [0, 0.05) is 19.3 Å². The number of hydrogen-bond acceptors (Lipinski definition) is 7. The van der Waals surface area contributed by atoms with Crippen LogP contribution >= 0.6 is 0 Å². The van der Waals surface area contributed by atoms with Crippen LogP contribution in [0.5, 0.6) is 0 Å². The van der Waals surface area contributed by atoms with Gasteiger partial charge in [0.15, 0.2) is 6.10 Å². The molecular weight excluding hydrogens is 775 g/mol. The first-order chi connectivity index (χ1) is 30.1. The summed E-state index contributed by atoms with van der Waals surface area (Å²) in [7, 11) is 5.38. The minimum Gasteiger partial charge on any atom is -0.544 e. The van der Waals surface area contributed by atoms with E-state index in [-0.39, 0.29) is 43.1 Å². The number of carboxylic acids is 1. The maximum absolute atomic E-state index is 12.7. The summed E-state index contributed by atoms with van der Waals surface area (Å²) in [5.41, 5.74) is 0. The van der Waals surface area contributed by atoms with Gasteiger partial charge >= 0.3 is 11.9 Å². The highest BCUT2D eigenvalue weighted by atomic mass is 16.6. The zero-order valence-electron chi connectivity index (χ0n) is 40.3. The Kier molecular flexibility index (Phi) is 41.6. The van der Waals surface area contributed by atoms with E-state index < -0.39 is 24.1 Å². The number of allylic oxidation sites excluding steroid dienone is 14. The molecule has 354 valence electrons. The van der Waals surface area contributed by atoms with Crippen molar-refractivity contribution in [1.29, 1.82) is 0 Å². The fourth-order valence-electron chi connectivity index (χ4n) is 6.74. The van der Waals surface area contributed by atoms with Gasteiger partial charge in [-0.1, -0.05) is 176 Å². The minimum atomic E-state index is -1.14. The van der Waals surface area contributed by atoms with Crippen molar-refractivity contribution >= 4 is 17.9 Å².